The van der Waals surface area contributed by atoms with Crippen LogP contribution >= 0.6 is 0 Å². The van der Waals surface area contributed by atoms with Crippen molar-refractivity contribution >= 4 is 11.7 Å². The van der Waals surface area contributed by atoms with Crippen molar-refractivity contribution in [1.82, 2.24) is 4.57 Å². The second-order valence-electron chi connectivity index (χ2n) is 6.08. The van der Waals surface area contributed by atoms with Gasteiger partial charge in [0.15, 0.2) is 5.78 Å². The van der Waals surface area contributed by atoms with Crippen molar-refractivity contribution < 1.29 is 31.1 Å². The van der Waals surface area contributed by atoms with Crippen LogP contribution in [0, 0.1) is 6.92 Å². The molecule has 0 saturated carbocycles. The highest BCUT2D eigenvalue weighted by Gasteiger charge is 2.20. The highest BCUT2D eigenvalue weighted by atomic mass is 79.9. The Kier molecular flexibility index (Phi) is 6.21. The second-order valence-corrected chi connectivity index (χ2v) is 6.08. The van der Waals surface area contributed by atoms with Crippen LogP contribution in [0.5, 0.6) is 5.75 Å². The number of carbonyl (C=O) groups is 1. The Balaban J connectivity index is 0.00000243. The third-order valence-corrected chi connectivity index (χ3v) is 4.33. The number of methoxy groups -OCH3 is 1. The first-order valence-corrected chi connectivity index (χ1v) is 8.08. The van der Waals surface area contributed by atoms with E-state index in [4.69, 9.17) is 10.5 Å². The molecular weight excluding hydrogens is 394 g/mol. The minimum absolute atomic E-state index is 0. The minimum atomic E-state index is -0.0170. The van der Waals surface area contributed by atoms with Gasteiger partial charge in [0.1, 0.15) is 24.2 Å². The van der Waals surface area contributed by atoms with Gasteiger partial charge in [-0.05, 0) is 19.1 Å². The molecule has 0 aliphatic carbocycles. The molecule has 3 aromatic rings. The van der Waals surface area contributed by atoms with E-state index in [0.29, 0.717) is 17.3 Å². The number of hydrogen-bond acceptors (Lipinski definition) is 3. The van der Waals surface area contributed by atoms with Crippen LogP contribution in [0.1, 0.15) is 15.9 Å². The molecule has 26 heavy (non-hydrogen) atoms. The Hall–Kier alpha value is -2.60. The molecule has 0 amide bonds. The smallest absolute Gasteiger partial charge is 0.355 e. The summed E-state index contributed by atoms with van der Waals surface area (Å²) in [6.07, 6.45) is 1.91. The van der Waals surface area contributed by atoms with E-state index in [-0.39, 0.29) is 29.3 Å². The normalized spacial score (nSPS) is 10.3. The maximum atomic E-state index is 12.6. The van der Waals surface area contributed by atoms with E-state index < -0.39 is 0 Å². The minimum Gasteiger partial charge on any atom is -1.00 e. The summed E-state index contributed by atoms with van der Waals surface area (Å²) >= 11 is 0. The topological polar surface area (TPSA) is 61.1 Å². The van der Waals surface area contributed by atoms with Crippen molar-refractivity contribution in [2.45, 2.75) is 13.5 Å². The van der Waals surface area contributed by atoms with E-state index in [2.05, 4.69) is 31.2 Å². The third kappa shape index (κ3) is 3.96. The average Bonchev–Trinajstić information content (AvgIpc) is 2.91. The fourth-order valence-corrected chi connectivity index (χ4v) is 2.78. The quantitative estimate of drug-likeness (QED) is 0.462. The van der Waals surface area contributed by atoms with Crippen LogP contribution in [-0.4, -0.2) is 17.5 Å². The van der Waals surface area contributed by atoms with E-state index in [9.17, 15) is 4.79 Å². The highest BCUT2D eigenvalue weighted by molar-refractivity contribution is 5.95. The van der Waals surface area contributed by atoms with Gasteiger partial charge in [-0.3, -0.25) is 10.5 Å². The summed E-state index contributed by atoms with van der Waals surface area (Å²) in [5, 5.41) is 0. The van der Waals surface area contributed by atoms with E-state index in [0.717, 1.165) is 11.3 Å². The number of ether oxygens (including phenoxy) is 1. The van der Waals surface area contributed by atoms with Gasteiger partial charge in [-0.25, -0.2) is 9.13 Å². The maximum absolute atomic E-state index is 12.6. The Morgan fingerprint density at radius 1 is 1.19 bits per heavy atom. The van der Waals surface area contributed by atoms with E-state index in [1.54, 1.807) is 23.8 Å². The number of aromatic nitrogens is 2. The SMILES string of the molecule is COc1cccc(C(=O)C[n+]2cc(-c3ccc(C)cc3)n(C)c2N)c1.[Br-]. The lowest BCUT2D eigenvalue weighted by Gasteiger charge is -2.03. The predicted molar refractivity (Wildman–Crippen MR) is 97.5 cm³/mol. The van der Waals surface area contributed by atoms with E-state index in [1.807, 2.05) is 29.9 Å². The average molecular weight is 416 g/mol. The molecule has 0 bridgehead atoms. The van der Waals surface area contributed by atoms with Crippen LogP contribution in [0.15, 0.2) is 54.7 Å². The first-order chi connectivity index (χ1) is 12.0. The molecule has 0 unspecified atom stereocenters. The number of aryl methyl sites for hydroxylation is 1. The molecular formula is C20H22BrN3O2. The number of nitrogen functional groups attached to an aromatic ring is 1. The number of anilines is 1. The summed E-state index contributed by atoms with van der Waals surface area (Å²) in [5.41, 5.74) is 10.0. The fourth-order valence-electron chi connectivity index (χ4n) is 2.78. The second kappa shape index (κ2) is 8.19. The Labute approximate surface area is 163 Å². The van der Waals surface area contributed by atoms with Gasteiger partial charge in [0.05, 0.1) is 14.2 Å². The molecule has 0 aliphatic heterocycles. The summed E-state index contributed by atoms with van der Waals surface area (Å²) in [7, 11) is 3.48. The number of halogens is 1. The van der Waals surface area contributed by atoms with Crippen molar-refractivity contribution in [1.29, 1.82) is 0 Å². The lowest BCUT2D eigenvalue weighted by atomic mass is 10.1. The molecule has 3 rings (SSSR count). The number of hydrogen-bond donors (Lipinski definition) is 1. The molecule has 5 nitrogen and oxygen atoms in total. The fraction of sp³-hybridized carbons (Fsp3) is 0.200. The Bertz CT molecular complexity index is 917. The summed E-state index contributed by atoms with van der Waals surface area (Å²) in [4.78, 5) is 12.6. The summed E-state index contributed by atoms with van der Waals surface area (Å²) in [5.74, 6) is 1.18. The first kappa shape index (κ1) is 19.7. The van der Waals surface area contributed by atoms with Crippen molar-refractivity contribution in [3.63, 3.8) is 0 Å². The van der Waals surface area contributed by atoms with Crippen LogP contribution in [0.25, 0.3) is 11.3 Å². The molecule has 0 radical (unpaired) electrons. The van der Waals surface area contributed by atoms with Gasteiger partial charge in [0, 0.05) is 11.1 Å². The molecule has 136 valence electrons. The number of carbonyl (C=O) groups excluding carboxylic acids is 1. The molecule has 0 fully saturated rings. The van der Waals surface area contributed by atoms with Crippen molar-refractivity contribution in [3.8, 4) is 17.0 Å². The number of imidazole rings is 1. The number of benzene rings is 2. The Morgan fingerprint density at radius 2 is 1.88 bits per heavy atom. The Morgan fingerprint density at radius 3 is 2.54 bits per heavy atom. The maximum Gasteiger partial charge on any atom is 0.355 e. The van der Waals surface area contributed by atoms with Gasteiger partial charge in [0.2, 0.25) is 0 Å². The molecule has 1 aromatic heterocycles. The molecule has 1 heterocycles. The zero-order chi connectivity index (χ0) is 18.0. The van der Waals surface area contributed by atoms with Gasteiger partial charge >= 0.3 is 5.95 Å². The first-order valence-electron chi connectivity index (χ1n) is 8.08. The standard InChI is InChI=1S/C20H21N3O2.BrH/c1-14-7-9-15(10-8-14)18-12-23(20(21)22(18)2)13-19(24)16-5-4-6-17(11-16)25-3;/h4-12,21H,13H2,1-3H3;1H. The molecule has 0 aliphatic rings. The van der Waals surface area contributed by atoms with Crippen molar-refractivity contribution in [2.75, 3.05) is 12.8 Å². The number of Topliss-reactive ketones (excluding diaryl/α,β-unsaturated/α-hetero) is 1. The number of nitrogens with two attached hydrogens (primary N) is 1. The van der Waals surface area contributed by atoms with Crippen molar-refractivity contribution in [2.24, 2.45) is 7.05 Å². The monoisotopic (exact) mass is 415 g/mol. The van der Waals surface area contributed by atoms with Crippen LogP contribution < -0.4 is 32.0 Å². The largest absolute Gasteiger partial charge is 1.00 e. The van der Waals surface area contributed by atoms with Crippen molar-refractivity contribution in [3.05, 3.63) is 65.9 Å². The van der Waals surface area contributed by atoms with Gasteiger partial charge in [0.25, 0.3) is 0 Å². The van der Waals surface area contributed by atoms with Crippen LogP contribution in [0.4, 0.5) is 5.95 Å². The number of ketones is 1. The predicted octanol–water partition coefficient (Wildman–Crippen LogP) is -0.234. The van der Waals surface area contributed by atoms with E-state index in [1.165, 1.54) is 5.56 Å². The lowest BCUT2D eigenvalue weighted by molar-refractivity contribution is -0.667. The molecule has 0 atom stereocenters. The van der Waals surface area contributed by atoms with Gasteiger partial charge in [-0.2, -0.15) is 0 Å². The summed E-state index contributed by atoms with van der Waals surface area (Å²) < 4.78 is 8.85. The number of nitrogens with zero attached hydrogens (tertiary/aromatic N) is 2. The third-order valence-electron chi connectivity index (χ3n) is 4.33. The van der Waals surface area contributed by atoms with E-state index >= 15 is 0 Å². The van der Waals surface area contributed by atoms with Gasteiger partial charge in [-0.1, -0.05) is 42.0 Å². The van der Waals surface area contributed by atoms with Gasteiger partial charge < -0.3 is 21.7 Å². The van der Waals surface area contributed by atoms with Crippen LogP contribution in [-0.2, 0) is 13.6 Å². The lowest BCUT2D eigenvalue weighted by Crippen LogP contribution is -3.00. The van der Waals surface area contributed by atoms with Crippen LogP contribution in [0.3, 0.4) is 0 Å². The molecule has 2 aromatic carbocycles. The molecule has 0 saturated heterocycles. The molecule has 2 N–H and O–H groups in total. The summed E-state index contributed by atoms with van der Waals surface area (Å²) in [6.45, 7) is 2.23. The molecule has 0 spiro atoms. The highest BCUT2D eigenvalue weighted by Crippen LogP contribution is 2.20. The molecule has 6 heteroatoms. The zero-order valence-electron chi connectivity index (χ0n) is 15.1. The van der Waals surface area contributed by atoms with Crippen LogP contribution in [0.2, 0.25) is 0 Å². The summed E-state index contributed by atoms with van der Waals surface area (Å²) in [6, 6.07) is 15.4. The van der Waals surface area contributed by atoms with Gasteiger partial charge in [-0.15, -0.1) is 0 Å². The zero-order valence-corrected chi connectivity index (χ0v) is 16.7. The number of rotatable bonds is 5.